The van der Waals surface area contributed by atoms with Gasteiger partial charge in [0.05, 0.1) is 30.7 Å². The molecule has 1 N–H and O–H groups in total. The van der Waals surface area contributed by atoms with Crippen molar-refractivity contribution in [2.45, 2.75) is 33.1 Å². The zero-order valence-electron chi connectivity index (χ0n) is 13.6. The zero-order chi connectivity index (χ0) is 16.4. The zero-order valence-corrected chi connectivity index (χ0v) is 14.5. The third-order valence-corrected chi connectivity index (χ3v) is 5.10. The predicted octanol–water partition coefficient (Wildman–Crippen LogP) is 2.67. The van der Waals surface area contributed by atoms with E-state index in [1.807, 2.05) is 11.3 Å². The molecule has 0 saturated carbocycles. The topological polar surface area (TPSA) is 58.9 Å². The average molecular weight is 340 g/mol. The van der Waals surface area contributed by atoms with Gasteiger partial charge in [0.1, 0.15) is 5.82 Å². The molecular formula is C17H20N6S. The molecule has 0 saturated heterocycles. The summed E-state index contributed by atoms with van der Waals surface area (Å²) in [4.78, 5) is 13.6. The van der Waals surface area contributed by atoms with E-state index in [9.17, 15) is 0 Å². The van der Waals surface area contributed by atoms with Gasteiger partial charge >= 0.3 is 0 Å². The summed E-state index contributed by atoms with van der Waals surface area (Å²) in [6.07, 6.45) is 5.08. The Balaban J connectivity index is 1.38. The van der Waals surface area contributed by atoms with Crippen LogP contribution in [-0.2, 0) is 26.2 Å². The van der Waals surface area contributed by atoms with Crippen molar-refractivity contribution < 1.29 is 0 Å². The van der Waals surface area contributed by atoms with Crippen LogP contribution in [-0.4, -0.2) is 31.2 Å². The molecule has 0 aliphatic carbocycles. The Hall–Kier alpha value is -2.25. The fourth-order valence-electron chi connectivity index (χ4n) is 2.96. The Morgan fingerprint density at radius 1 is 1.25 bits per heavy atom. The lowest BCUT2D eigenvalue weighted by Gasteiger charge is -2.26. The normalized spacial score (nSPS) is 14.5. The van der Waals surface area contributed by atoms with Gasteiger partial charge in [-0.25, -0.2) is 4.98 Å². The van der Waals surface area contributed by atoms with Gasteiger partial charge in [0, 0.05) is 41.8 Å². The van der Waals surface area contributed by atoms with Crippen LogP contribution < -0.4 is 5.32 Å². The Bertz CT molecular complexity index is 810. The molecule has 4 rings (SSSR count). The van der Waals surface area contributed by atoms with Gasteiger partial charge in [0.15, 0.2) is 0 Å². The number of fused-ring (bicyclic) bond motifs is 1. The van der Waals surface area contributed by atoms with Gasteiger partial charge in [-0.05, 0) is 25.1 Å². The van der Waals surface area contributed by atoms with Crippen molar-refractivity contribution in [3.8, 4) is 0 Å². The van der Waals surface area contributed by atoms with Crippen molar-refractivity contribution in [2.24, 2.45) is 0 Å². The molecule has 3 aromatic rings. The molecule has 1 aliphatic rings. The van der Waals surface area contributed by atoms with Gasteiger partial charge in [-0.2, -0.15) is 5.10 Å². The van der Waals surface area contributed by atoms with Crippen LogP contribution in [0.2, 0.25) is 0 Å². The fraction of sp³-hybridized carbons (Fsp3) is 0.353. The molecule has 0 bridgehead atoms. The van der Waals surface area contributed by atoms with E-state index in [1.54, 1.807) is 18.6 Å². The number of hydrogen-bond donors (Lipinski definition) is 1. The molecule has 24 heavy (non-hydrogen) atoms. The molecular weight excluding hydrogens is 320 g/mol. The summed E-state index contributed by atoms with van der Waals surface area (Å²) in [5, 5.41) is 7.96. The fourth-order valence-corrected chi connectivity index (χ4v) is 3.90. The highest BCUT2D eigenvalue weighted by Gasteiger charge is 2.18. The number of hydrogen-bond acceptors (Lipinski definition) is 6. The average Bonchev–Trinajstić information content (AvgIpc) is 3.19. The molecule has 3 aromatic heterocycles. The van der Waals surface area contributed by atoms with E-state index in [0.29, 0.717) is 6.54 Å². The number of thiophene rings is 1. The second kappa shape index (κ2) is 6.70. The standard InChI is InChI=1S/C17H20N6S/c1-13-2-3-16(24-13)12-22-6-7-23-15(11-22)8-14(21-23)9-20-17-10-18-4-5-19-17/h2-5,8,10H,6-7,9,11-12H2,1H3,(H,19,20). The van der Waals surface area contributed by atoms with Crippen LogP contribution in [0.5, 0.6) is 0 Å². The molecule has 0 aromatic carbocycles. The van der Waals surface area contributed by atoms with Gasteiger partial charge < -0.3 is 5.32 Å². The van der Waals surface area contributed by atoms with Crippen LogP contribution in [0.3, 0.4) is 0 Å². The molecule has 0 radical (unpaired) electrons. The van der Waals surface area contributed by atoms with E-state index in [4.69, 9.17) is 5.10 Å². The summed E-state index contributed by atoms with van der Waals surface area (Å²) in [5.41, 5.74) is 2.33. The maximum Gasteiger partial charge on any atom is 0.144 e. The van der Waals surface area contributed by atoms with Crippen molar-refractivity contribution in [1.29, 1.82) is 0 Å². The largest absolute Gasteiger partial charge is 0.363 e. The summed E-state index contributed by atoms with van der Waals surface area (Å²) < 4.78 is 2.13. The highest BCUT2D eigenvalue weighted by Crippen LogP contribution is 2.21. The van der Waals surface area contributed by atoms with Crippen molar-refractivity contribution in [1.82, 2.24) is 24.6 Å². The van der Waals surface area contributed by atoms with Gasteiger partial charge in [0.25, 0.3) is 0 Å². The summed E-state index contributed by atoms with van der Waals surface area (Å²) in [6.45, 7) is 6.80. The van der Waals surface area contributed by atoms with Gasteiger partial charge in [0.2, 0.25) is 0 Å². The second-order valence-corrected chi connectivity index (χ2v) is 7.39. The molecule has 0 atom stereocenters. The molecule has 0 unspecified atom stereocenters. The lowest BCUT2D eigenvalue weighted by Crippen LogP contribution is -2.33. The lowest BCUT2D eigenvalue weighted by atomic mass is 10.2. The van der Waals surface area contributed by atoms with Gasteiger partial charge in [-0.15, -0.1) is 11.3 Å². The summed E-state index contributed by atoms with van der Waals surface area (Å²) in [5.74, 6) is 0.776. The van der Waals surface area contributed by atoms with Crippen molar-refractivity contribution in [3.05, 3.63) is 57.9 Å². The first-order valence-electron chi connectivity index (χ1n) is 8.09. The minimum Gasteiger partial charge on any atom is -0.363 e. The third-order valence-electron chi connectivity index (χ3n) is 4.12. The first kappa shape index (κ1) is 15.3. The smallest absolute Gasteiger partial charge is 0.144 e. The van der Waals surface area contributed by atoms with Gasteiger partial charge in [-0.1, -0.05) is 0 Å². The Morgan fingerprint density at radius 2 is 2.21 bits per heavy atom. The molecule has 4 heterocycles. The van der Waals surface area contributed by atoms with E-state index >= 15 is 0 Å². The molecule has 7 heteroatoms. The van der Waals surface area contributed by atoms with Crippen LogP contribution in [0.1, 0.15) is 21.1 Å². The van der Waals surface area contributed by atoms with E-state index in [-0.39, 0.29) is 0 Å². The Kier molecular flexibility index (Phi) is 4.27. The SMILES string of the molecule is Cc1ccc(CN2CCn3nc(CNc4cnccn4)cc3C2)s1. The summed E-state index contributed by atoms with van der Waals surface area (Å²) >= 11 is 1.89. The molecule has 0 amide bonds. The molecule has 0 spiro atoms. The number of nitrogens with one attached hydrogen (secondary N) is 1. The maximum absolute atomic E-state index is 4.69. The molecule has 1 aliphatic heterocycles. The first-order chi connectivity index (χ1) is 11.8. The maximum atomic E-state index is 4.69. The minimum absolute atomic E-state index is 0.669. The first-order valence-corrected chi connectivity index (χ1v) is 8.91. The molecule has 0 fully saturated rings. The van der Waals surface area contributed by atoms with Crippen molar-refractivity contribution >= 4 is 17.2 Å². The number of nitrogens with zero attached hydrogens (tertiary/aromatic N) is 5. The van der Waals surface area contributed by atoms with E-state index in [1.165, 1.54) is 15.4 Å². The van der Waals surface area contributed by atoms with Crippen LogP contribution >= 0.6 is 11.3 Å². The number of rotatable bonds is 5. The minimum atomic E-state index is 0.669. The number of anilines is 1. The van der Waals surface area contributed by atoms with E-state index in [2.05, 4.69) is 50.0 Å². The predicted molar refractivity (Wildman–Crippen MR) is 94.8 cm³/mol. The monoisotopic (exact) mass is 340 g/mol. The molecule has 6 nitrogen and oxygen atoms in total. The van der Waals surface area contributed by atoms with Crippen LogP contribution in [0.15, 0.2) is 36.8 Å². The highest BCUT2D eigenvalue weighted by atomic mass is 32.1. The Labute approximate surface area is 145 Å². The lowest BCUT2D eigenvalue weighted by molar-refractivity contribution is 0.207. The van der Waals surface area contributed by atoms with Crippen molar-refractivity contribution in [3.63, 3.8) is 0 Å². The van der Waals surface area contributed by atoms with Crippen LogP contribution in [0.4, 0.5) is 5.82 Å². The summed E-state index contributed by atoms with van der Waals surface area (Å²) in [6, 6.07) is 6.63. The van der Waals surface area contributed by atoms with Gasteiger partial charge in [-0.3, -0.25) is 14.6 Å². The van der Waals surface area contributed by atoms with Crippen molar-refractivity contribution in [2.75, 3.05) is 11.9 Å². The highest BCUT2D eigenvalue weighted by molar-refractivity contribution is 7.11. The van der Waals surface area contributed by atoms with E-state index < -0.39 is 0 Å². The number of aryl methyl sites for hydroxylation is 1. The van der Waals surface area contributed by atoms with E-state index in [0.717, 1.165) is 37.7 Å². The third kappa shape index (κ3) is 3.47. The quantitative estimate of drug-likeness (QED) is 0.774. The van der Waals surface area contributed by atoms with Crippen LogP contribution in [0, 0.1) is 6.92 Å². The number of aromatic nitrogens is 4. The molecule has 124 valence electrons. The second-order valence-electron chi connectivity index (χ2n) is 6.02. The van der Waals surface area contributed by atoms with Crippen LogP contribution in [0.25, 0.3) is 0 Å². The summed E-state index contributed by atoms with van der Waals surface area (Å²) in [7, 11) is 0. The Morgan fingerprint density at radius 3 is 3.00 bits per heavy atom.